The molecule has 1 aliphatic heterocycles. The van der Waals surface area contributed by atoms with E-state index in [1.165, 1.54) is 16.3 Å². The summed E-state index contributed by atoms with van der Waals surface area (Å²) in [6, 6.07) is 14.9. The zero-order chi connectivity index (χ0) is 16.1. The van der Waals surface area contributed by atoms with Gasteiger partial charge in [-0.2, -0.15) is 0 Å². The van der Waals surface area contributed by atoms with Gasteiger partial charge in [-0.3, -0.25) is 4.79 Å². The second-order valence-electron chi connectivity index (χ2n) is 5.95. The van der Waals surface area contributed by atoms with Crippen LogP contribution in [0.2, 0.25) is 0 Å². The first-order chi connectivity index (χ1) is 11.3. The molecule has 1 heterocycles. The van der Waals surface area contributed by atoms with Crippen molar-refractivity contribution >= 4 is 28.4 Å². The average Bonchev–Trinajstić information content (AvgIpc) is 2.62. The summed E-state index contributed by atoms with van der Waals surface area (Å²) >= 11 is 1.72. The molecule has 0 aromatic heterocycles. The molecule has 3 nitrogen and oxygen atoms in total. The lowest BCUT2D eigenvalue weighted by atomic mass is 10.1. The Kier molecular flexibility index (Phi) is 5.57. The third-order valence-corrected chi connectivity index (χ3v) is 5.50. The summed E-state index contributed by atoms with van der Waals surface area (Å²) in [5.74, 6) is 1.75. The first kappa shape index (κ1) is 16.3. The molecule has 0 N–H and O–H groups in total. The molecule has 0 radical (unpaired) electrons. The number of likely N-dealkylation sites (N-methyl/N-ethyl adjacent to an activating group) is 1. The van der Waals surface area contributed by atoms with Crippen LogP contribution < -0.4 is 0 Å². The minimum absolute atomic E-state index is 0.283. The van der Waals surface area contributed by atoms with Crippen LogP contribution in [0.15, 0.2) is 42.5 Å². The molecule has 0 saturated carbocycles. The lowest BCUT2D eigenvalue weighted by molar-refractivity contribution is -0.130. The van der Waals surface area contributed by atoms with E-state index in [2.05, 4.69) is 54.3 Å². The molecule has 0 aliphatic carbocycles. The standard InChI is InChI=1S/C19H24N2OS/c1-2-20-10-12-21(13-11-20)19(22)15-23-14-17-8-5-7-16-6-3-4-9-18(16)17/h3-9H,2,10-15H2,1H3. The van der Waals surface area contributed by atoms with E-state index in [1.807, 2.05) is 4.90 Å². The lowest BCUT2D eigenvalue weighted by Crippen LogP contribution is -2.49. The van der Waals surface area contributed by atoms with Gasteiger partial charge in [0.2, 0.25) is 5.91 Å². The second-order valence-corrected chi connectivity index (χ2v) is 6.93. The van der Waals surface area contributed by atoms with Gasteiger partial charge in [-0.15, -0.1) is 11.8 Å². The number of carbonyl (C=O) groups excluding carboxylic acids is 1. The van der Waals surface area contributed by atoms with E-state index in [-0.39, 0.29) is 5.91 Å². The Hall–Kier alpha value is -1.52. The molecule has 0 atom stereocenters. The summed E-state index contributed by atoms with van der Waals surface area (Å²) in [5.41, 5.74) is 1.32. The van der Waals surface area contributed by atoms with Gasteiger partial charge in [-0.05, 0) is 22.9 Å². The van der Waals surface area contributed by atoms with E-state index in [0.717, 1.165) is 38.5 Å². The Morgan fingerprint density at radius 2 is 1.78 bits per heavy atom. The molecule has 23 heavy (non-hydrogen) atoms. The van der Waals surface area contributed by atoms with Crippen LogP contribution in [0.5, 0.6) is 0 Å². The number of hydrogen-bond donors (Lipinski definition) is 0. The molecule has 0 spiro atoms. The number of hydrogen-bond acceptors (Lipinski definition) is 3. The number of rotatable bonds is 5. The van der Waals surface area contributed by atoms with Gasteiger partial charge < -0.3 is 9.80 Å². The Bertz CT molecular complexity index is 660. The van der Waals surface area contributed by atoms with E-state index in [9.17, 15) is 4.79 Å². The fourth-order valence-electron chi connectivity index (χ4n) is 3.07. The van der Waals surface area contributed by atoms with E-state index >= 15 is 0 Å². The fourth-order valence-corrected chi connectivity index (χ4v) is 4.00. The van der Waals surface area contributed by atoms with Gasteiger partial charge in [-0.1, -0.05) is 49.4 Å². The van der Waals surface area contributed by atoms with Crippen molar-refractivity contribution in [3.63, 3.8) is 0 Å². The predicted octanol–water partition coefficient (Wildman–Crippen LogP) is 3.24. The molecule has 4 heteroatoms. The van der Waals surface area contributed by atoms with Crippen molar-refractivity contribution in [1.29, 1.82) is 0 Å². The summed E-state index contributed by atoms with van der Waals surface area (Å²) in [6.07, 6.45) is 0. The van der Waals surface area contributed by atoms with Gasteiger partial charge in [0.05, 0.1) is 5.75 Å². The number of carbonyl (C=O) groups is 1. The number of benzene rings is 2. The fraction of sp³-hybridized carbons (Fsp3) is 0.421. The zero-order valence-corrected chi connectivity index (χ0v) is 14.5. The monoisotopic (exact) mass is 328 g/mol. The highest BCUT2D eigenvalue weighted by atomic mass is 32.2. The van der Waals surface area contributed by atoms with Crippen LogP contribution in [0.1, 0.15) is 12.5 Å². The van der Waals surface area contributed by atoms with Crippen LogP contribution in [0.25, 0.3) is 10.8 Å². The van der Waals surface area contributed by atoms with E-state index < -0.39 is 0 Å². The third kappa shape index (κ3) is 4.06. The molecule has 2 aromatic carbocycles. The molecule has 1 fully saturated rings. The number of amides is 1. The minimum atomic E-state index is 0.283. The van der Waals surface area contributed by atoms with Crippen LogP contribution in [0.4, 0.5) is 0 Å². The van der Waals surface area contributed by atoms with Gasteiger partial charge in [0.1, 0.15) is 0 Å². The molecular formula is C19H24N2OS. The smallest absolute Gasteiger partial charge is 0.232 e. The topological polar surface area (TPSA) is 23.6 Å². The lowest BCUT2D eigenvalue weighted by Gasteiger charge is -2.34. The summed E-state index contributed by atoms with van der Waals surface area (Å²) in [5, 5.41) is 2.57. The Balaban J connectivity index is 1.52. The van der Waals surface area contributed by atoms with Gasteiger partial charge >= 0.3 is 0 Å². The Morgan fingerprint density at radius 3 is 2.57 bits per heavy atom. The van der Waals surface area contributed by atoms with E-state index in [4.69, 9.17) is 0 Å². The maximum absolute atomic E-state index is 12.3. The van der Waals surface area contributed by atoms with Gasteiger partial charge in [-0.25, -0.2) is 0 Å². The van der Waals surface area contributed by atoms with Crippen molar-refractivity contribution in [3.05, 3.63) is 48.0 Å². The summed E-state index contributed by atoms with van der Waals surface area (Å²) in [4.78, 5) is 16.7. The number of thioether (sulfide) groups is 1. The van der Waals surface area contributed by atoms with Crippen molar-refractivity contribution in [2.45, 2.75) is 12.7 Å². The largest absolute Gasteiger partial charge is 0.339 e. The normalized spacial score (nSPS) is 16.0. The quantitative estimate of drug-likeness (QED) is 0.842. The summed E-state index contributed by atoms with van der Waals surface area (Å²) in [6.45, 7) is 7.03. The highest BCUT2D eigenvalue weighted by molar-refractivity contribution is 7.99. The summed E-state index contributed by atoms with van der Waals surface area (Å²) < 4.78 is 0. The first-order valence-electron chi connectivity index (χ1n) is 8.32. The van der Waals surface area contributed by atoms with Crippen molar-refractivity contribution < 1.29 is 4.79 Å². The molecule has 2 aromatic rings. The molecule has 122 valence electrons. The molecule has 1 amide bonds. The SMILES string of the molecule is CCN1CCN(C(=O)CSCc2cccc3ccccc23)CC1. The molecule has 1 saturated heterocycles. The van der Waals surface area contributed by atoms with Crippen LogP contribution in [-0.4, -0.2) is 54.2 Å². The third-order valence-electron chi connectivity index (χ3n) is 4.54. The van der Waals surface area contributed by atoms with Crippen LogP contribution >= 0.6 is 11.8 Å². The maximum atomic E-state index is 12.3. The van der Waals surface area contributed by atoms with Gasteiger partial charge in [0.15, 0.2) is 0 Å². The van der Waals surface area contributed by atoms with Gasteiger partial charge in [0, 0.05) is 31.9 Å². The maximum Gasteiger partial charge on any atom is 0.232 e. The summed E-state index contributed by atoms with van der Waals surface area (Å²) in [7, 11) is 0. The highest BCUT2D eigenvalue weighted by Crippen LogP contribution is 2.23. The van der Waals surface area contributed by atoms with E-state index in [0.29, 0.717) is 5.75 Å². The van der Waals surface area contributed by atoms with Crippen molar-refractivity contribution in [1.82, 2.24) is 9.80 Å². The van der Waals surface area contributed by atoms with Crippen molar-refractivity contribution in [3.8, 4) is 0 Å². The van der Waals surface area contributed by atoms with Crippen molar-refractivity contribution in [2.24, 2.45) is 0 Å². The van der Waals surface area contributed by atoms with Crippen LogP contribution in [-0.2, 0) is 10.5 Å². The Labute approximate surface area is 142 Å². The minimum Gasteiger partial charge on any atom is -0.339 e. The van der Waals surface area contributed by atoms with Gasteiger partial charge in [0.25, 0.3) is 0 Å². The average molecular weight is 328 g/mol. The zero-order valence-electron chi connectivity index (χ0n) is 13.7. The number of fused-ring (bicyclic) bond motifs is 1. The predicted molar refractivity (Wildman–Crippen MR) is 98.8 cm³/mol. The number of piperazine rings is 1. The van der Waals surface area contributed by atoms with Crippen molar-refractivity contribution in [2.75, 3.05) is 38.5 Å². The van der Waals surface area contributed by atoms with Crippen LogP contribution in [0, 0.1) is 0 Å². The van der Waals surface area contributed by atoms with Crippen LogP contribution in [0.3, 0.4) is 0 Å². The molecule has 0 bridgehead atoms. The molecule has 3 rings (SSSR count). The molecular weight excluding hydrogens is 304 g/mol. The highest BCUT2D eigenvalue weighted by Gasteiger charge is 2.19. The Morgan fingerprint density at radius 1 is 1.04 bits per heavy atom. The molecule has 1 aliphatic rings. The molecule has 0 unspecified atom stereocenters. The van der Waals surface area contributed by atoms with E-state index in [1.54, 1.807) is 11.8 Å². The second kappa shape index (κ2) is 7.84. The first-order valence-corrected chi connectivity index (χ1v) is 9.48. The number of nitrogens with zero attached hydrogens (tertiary/aromatic N) is 2.